The first kappa shape index (κ1) is 11.3. The molecule has 2 N–H and O–H groups in total. The molecule has 0 saturated carbocycles. The van der Waals surface area contributed by atoms with Crippen LogP contribution < -0.4 is 4.74 Å². The predicted molar refractivity (Wildman–Crippen MR) is 59.7 cm³/mol. The number of carboxylic acids is 1. The molecule has 0 aliphatic carbocycles. The Morgan fingerprint density at radius 1 is 1.47 bits per heavy atom. The van der Waals surface area contributed by atoms with Crippen molar-refractivity contribution in [2.45, 2.75) is 0 Å². The average molecular weight is 252 g/mol. The molecule has 1 aromatic carbocycles. The molecule has 8 heteroatoms. The zero-order valence-electron chi connectivity index (χ0n) is 8.53. The van der Waals surface area contributed by atoms with Gasteiger partial charge in [0.2, 0.25) is 4.77 Å². The highest BCUT2D eigenvalue weighted by Crippen LogP contribution is 2.14. The van der Waals surface area contributed by atoms with E-state index >= 15 is 0 Å². The molecule has 0 fully saturated rings. The van der Waals surface area contributed by atoms with Gasteiger partial charge in [0.1, 0.15) is 5.75 Å². The number of aliphatic carboxylic acids is 1. The van der Waals surface area contributed by atoms with E-state index in [0.29, 0.717) is 10.5 Å². The summed E-state index contributed by atoms with van der Waals surface area (Å²) in [6, 6.07) is 6.71. The van der Waals surface area contributed by atoms with Crippen LogP contribution in [0.2, 0.25) is 0 Å². The third-order valence-electron chi connectivity index (χ3n) is 1.93. The van der Waals surface area contributed by atoms with Crippen LogP contribution in [0.4, 0.5) is 0 Å². The van der Waals surface area contributed by atoms with Gasteiger partial charge in [0, 0.05) is 0 Å². The van der Waals surface area contributed by atoms with Gasteiger partial charge in [-0.15, -0.1) is 0 Å². The number of benzene rings is 1. The monoisotopic (exact) mass is 252 g/mol. The van der Waals surface area contributed by atoms with Crippen molar-refractivity contribution in [1.29, 1.82) is 0 Å². The lowest BCUT2D eigenvalue weighted by atomic mass is 10.3. The van der Waals surface area contributed by atoms with Crippen molar-refractivity contribution >= 4 is 18.2 Å². The van der Waals surface area contributed by atoms with Crippen LogP contribution in [0, 0.1) is 4.77 Å². The highest BCUT2D eigenvalue weighted by Gasteiger charge is 2.02. The van der Waals surface area contributed by atoms with Crippen molar-refractivity contribution in [2.75, 3.05) is 6.61 Å². The van der Waals surface area contributed by atoms with Crippen LogP contribution >= 0.6 is 12.2 Å². The molecule has 0 aliphatic rings. The quantitative estimate of drug-likeness (QED) is 0.781. The largest absolute Gasteiger partial charge is 0.482 e. The molecular formula is C9H8N4O3S. The number of H-pyrrole nitrogens is 1. The van der Waals surface area contributed by atoms with Crippen LogP contribution in [0.15, 0.2) is 24.3 Å². The Kier molecular flexibility index (Phi) is 3.15. The minimum absolute atomic E-state index is 0.309. The standard InChI is InChI=1S/C9H8N4O3S/c14-8(15)5-16-7-3-1-6(2-4-7)13-9(17)10-11-12-13/h1-4H,5H2,(H,14,15)(H,10,12,17). The first-order valence-electron chi connectivity index (χ1n) is 4.62. The third-order valence-corrected chi connectivity index (χ3v) is 2.19. The van der Waals surface area contributed by atoms with Gasteiger partial charge >= 0.3 is 5.97 Å². The number of aromatic amines is 1. The van der Waals surface area contributed by atoms with Crippen LogP contribution in [-0.2, 0) is 4.79 Å². The number of tetrazole rings is 1. The molecular weight excluding hydrogens is 244 g/mol. The Morgan fingerprint density at radius 3 is 2.71 bits per heavy atom. The molecule has 1 heterocycles. The third kappa shape index (κ3) is 2.67. The number of rotatable bonds is 4. The molecule has 17 heavy (non-hydrogen) atoms. The van der Waals surface area contributed by atoms with E-state index in [1.807, 2.05) is 0 Å². The first-order chi connectivity index (χ1) is 8.16. The summed E-state index contributed by atoms with van der Waals surface area (Å²) in [5, 5.41) is 18.3. The van der Waals surface area contributed by atoms with Crippen molar-refractivity contribution in [3.8, 4) is 11.4 Å². The van der Waals surface area contributed by atoms with E-state index < -0.39 is 5.97 Å². The van der Waals surface area contributed by atoms with Gasteiger partial charge in [-0.05, 0) is 36.5 Å². The van der Waals surface area contributed by atoms with Crippen molar-refractivity contribution < 1.29 is 14.6 Å². The second-order valence-corrected chi connectivity index (χ2v) is 3.46. The van der Waals surface area contributed by atoms with E-state index in [2.05, 4.69) is 15.5 Å². The zero-order chi connectivity index (χ0) is 12.3. The molecule has 88 valence electrons. The van der Waals surface area contributed by atoms with Crippen molar-refractivity contribution in [3.63, 3.8) is 0 Å². The molecule has 2 aromatic rings. The summed E-state index contributed by atoms with van der Waals surface area (Å²) >= 11 is 4.93. The van der Waals surface area contributed by atoms with E-state index in [4.69, 9.17) is 22.1 Å². The minimum Gasteiger partial charge on any atom is -0.482 e. The number of carbonyl (C=O) groups is 1. The summed E-state index contributed by atoms with van der Waals surface area (Å²) < 4.78 is 6.81. The number of aromatic nitrogens is 4. The van der Waals surface area contributed by atoms with E-state index in [1.165, 1.54) is 4.68 Å². The molecule has 0 unspecified atom stereocenters. The second-order valence-electron chi connectivity index (χ2n) is 3.09. The molecule has 0 radical (unpaired) electrons. The Morgan fingerprint density at radius 2 is 2.18 bits per heavy atom. The average Bonchev–Trinajstić information content (AvgIpc) is 2.73. The number of nitrogens with one attached hydrogen (secondary N) is 1. The van der Waals surface area contributed by atoms with Crippen LogP contribution in [0.5, 0.6) is 5.75 Å². The van der Waals surface area contributed by atoms with Crippen molar-refractivity contribution in [2.24, 2.45) is 0 Å². The predicted octanol–water partition coefficient (Wildman–Crippen LogP) is 0.788. The summed E-state index contributed by atoms with van der Waals surface area (Å²) in [5.41, 5.74) is 0.739. The Balaban J connectivity index is 2.16. The normalized spacial score (nSPS) is 10.1. The van der Waals surface area contributed by atoms with Gasteiger partial charge < -0.3 is 9.84 Å². The number of carboxylic acid groups (broad SMARTS) is 1. The maximum atomic E-state index is 10.3. The van der Waals surface area contributed by atoms with Crippen LogP contribution in [0.1, 0.15) is 0 Å². The van der Waals surface area contributed by atoms with E-state index in [1.54, 1.807) is 24.3 Å². The van der Waals surface area contributed by atoms with Gasteiger partial charge in [0.15, 0.2) is 6.61 Å². The number of ether oxygens (including phenoxy) is 1. The summed E-state index contributed by atoms with van der Waals surface area (Å²) in [5.74, 6) is -0.552. The zero-order valence-corrected chi connectivity index (χ0v) is 9.35. The summed E-state index contributed by atoms with van der Waals surface area (Å²) in [7, 11) is 0. The molecule has 0 spiro atoms. The Bertz CT molecular complexity index is 574. The number of hydrogen-bond acceptors (Lipinski definition) is 5. The smallest absolute Gasteiger partial charge is 0.341 e. The van der Waals surface area contributed by atoms with Gasteiger partial charge in [0.05, 0.1) is 5.69 Å². The van der Waals surface area contributed by atoms with Crippen LogP contribution in [-0.4, -0.2) is 37.9 Å². The fourth-order valence-corrected chi connectivity index (χ4v) is 1.39. The molecule has 0 bridgehead atoms. The van der Waals surface area contributed by atoms with Crippen LogP contribution in [0.3, 0.4) is 0 Å². The van der Waals surface area contributed by atoms with Crippen LogP contribution in [0.25, 0.3) is 5.69 Å². The van der Waals surface area contributed by atoms with E-state index in [9.17, 15) is 4.79 Å². The van der Waals surface area contributed by atoms with E-state index in [0.717, 1.165) is 5.69 Å². The first-order valence-corrected chi connectivity index (χ1v) is 5.03. The minimum atomic E-state index is -1.02. The fourth-order valence-electron chi connectivity index (χ4n) is 1.20. The lowest BCUT2D eigenvalue weighted by molar-refractivity contribution is -0.139. The highest BCUT2D eigenvalue weighted by molar-refractivity contribution is 7.71. The van der Waals surface area contributed by atoms with Gasteiger partial charge in [-0.25, -0.2) is 9.48 Å². The maximum Gasteiger partial charge on any atom is 0.341 e. The molecule has 2 rings (SSSR count). The molecule has 7 nitrogen and oxygen atoms in total. The number of nitrogens with zero attached hydrogens (tertiary/aromatic N) is 3. The molecule has 0 amide bonds. The molecule has 0 aliphatic heterocycles. The lowest BCUT2D eigenvalue weighted by Crippen LogP contribution is -2.09. The Hall–Kier alpha value is -2.22. The summed E-state index contributed by atoms with van der Waals surface area (Å²) in [4.78, 5) is 10.3. The number of hydrogen-bond donors (Lipinski definition) is 2. The van der Waals surface area contributed by atoms with E-state index in [-0.39, 0.29) is 6.61 Å². The Labute approximate surface area is 101 Å². The topological polar surface area (TPSA) is 93.0 Å². The molecule has 1 aromatic heterocycles. The van der Waals surface area contributed by atoms with Crippen molar-refractivity contribution in [3.05, 3.63) is 29.0 Å². The maximum absolute atomic E-state index is 10.3. The van der Waals surface area contributed by atoms with Crippen molar-refractivity contribution in [1.82, 2.24) is 20.2 Å². The lowest BCUT2D eigenvalue weighted by Gasteiger charge is -2.04. The summed E-state index contributed by atoms with van der Waals surface area (Å²) in [6.07, 6.45) is 0. The molecule has 0 saturated heterocycles. The van der Waals surface area contributed by atoms with Gasteiger partial charge in [0.25, 0.3) is 0 Å². The fraction of sp³-hybridized carbons (Fsp3) is 0.111. The highest BCUT2D eigenvalue weighted by atomic mass is 32.1. The SMILES string of the molecule is O=C(O)COc1ccc(-n2[nH]nnc2=S)cc1. The molecule has 0 atom stereocenters. The second kappa shape index (κ2) is 4.74. The van der Waals surface area contributed by atoms with Gasteiger partial charge in [-0.3, -0.25) is 0 Å². The van der Waals surface area contributed by atoms with Gasteiger partial charge in [-0.2, -0.15) is 5.21 Å². The van der Waals surface area contributed by atoms with Gasteiger partial charge in [-0.1, -0.05) is 10.3 Å². The summed E-state index contributed by atoms with van der Waals surface area (Å²) in [6.45, 7) is -0.371.